The minimum Gasteiger partial charge on any atom is -0.240 e. The van der Waals surface area contributed by atoms with Crippen LogP contribution in [-0.2, 0) is 10.7 Å². The van der Waals surface area contributed by atoms with Gasteiger partial charge in [-0.2, -0.15) is 0 Å². The van der Waals surface area contributed by atoms with Crippen molar-refractivity contribution in [3.05, 3.63) is 28.5 Å². The SMILES string of the molecule is Clc1ccc(CBr)c(CBr)n1. The molecule has 0 unspecified atom stereocenters. The predicted octanol–water partition coefficient (Wildman–Crippen LogP) is 3.52. The van der Waals surface area contributed by atoms with Gasteiger partial charge in [0.25, 0.3) is 0 Å². The van der Waals surface area contributed by atoms with Crippen molar-refractivity contribution >= 4 is 43.5 Å². The molecule has 0 aromatic carbocycles. The van der Waals surface area contributed by atoms with Crippen LogP contribution < -0.4 is 0 Å². The van der Waals surface area contributed by atoms with Crippen molar-refractivity contribution in [1.29, 1.82) is 0 Å². The average Bonchev–Trinajstić information content (AvgIpc) is 2.04. The van der Waals surface area contributed by atoms with E-state index in [0.29, 0.717) is 5.15 Å². The van der Waals surface area contributed by atoms with Gasteiger partial charge in [-0.25, -0.2) is 4.98 Å². The second kappa shape index (κ2) is 4.43. The van der Waals surface area contributed by atoms with E-state index in [1.807, 2.05) is 6.07 Å². The molecule has 60 valence electrons. The molecule has 0 atom stereocenters. The number of halogens is 3. The predicted molar refractivity (Wildman–Crippen MR) is 54.5 cm³/mol. The zero-order chi connectivity index (χ0) is 8.27. The van der Waals surface area contributed by atoms with E-state index >= 15 is 0 Å². The lowest BCUT2D eigenvalue weighted by atomic mass is 10.2. The minimum atomic E-state index is 0.546. The second-order valence-electron chi connectivity index (χ2n) is 2.01. The number of alkyl halides is 2. The molecule has 11 heavy (non-hydrogen) atoms. The number of pyridine rings is 1. The molecule has 0 spiro atoms. The summed E-state index contributed by atoms with van der Waals surface area (Å²) in [7, 11) is 0. The van der Waals surface area contributed by atoms with E-state index < -0.39 is 0 Å². The van der Waals surface area contributed by atoms with Crippen molar-refractivity contribution in [2.24, 2.45) is 0 Å². The molecule has 0 N–H and O–H groups in total. The smallest absolute Gasteiger partial charge is 0.129 e. The molecule has 0 saturated carbocycles. The fraction of sp³-hybridized carbons (Fsp3) is 0.286. The van der Waals surface area contributed by atoms with Crippen LogP contribution in [0.15, 0.2) is 12.1 Å². The van der Waals surface area contributed by atoms with Gasteiger partial charge >= 0.3 is 0 Å². The molecule has 1 nitrogen and oxygen atoms in total. The zero-order valence-corrected chi connectivity index (χ0v) is 9.58. The van der Waals surface area contributed by atoms with Crippen LogP contribution >= 0.6 is 43.5 Å². The van der Waals surface area contributed by atoms with Gasteiger partial charge in [0.1, 0.15) is 5.15 Å². The van der Waals surface area contributed by atoms with Crippen LogP contribution in [0.2, 0.25) is 5.15 Å². The van der Waals surface area contributed by atoms with Gasteiger partial charge in [0.2, 0.25) is 0 Å². The molecule has 1 heterocycles. The lowest BCUT2D eigenvalue weighted by molar-refractivity contribution is 1.13. The highest BCUT2D eigenvalue weighted by Gasteiger charge is 2.01. The van der Waals surface area contributed by atoms with Gasteiger partial charge in [0, 0.05) is 10.7 Å². The fourth-order valence-electron chi connectivity index (χ4n) is 0.741. The number of nitrogens with zero attached hydrogens (tertiary/aromatic N) is 1. The van der Waals surface area contributed by atoms with E-state index in [-0.39, 0.29) is 0 Å². The van der Waals surface area contributed by atoms with Crippen LogP contribution in [0.1, 0.15) is 11.3 Å². The topological polar surface area (TPSA) is 12.9 Å². The maximum Gasteiger partial charge on any atom is 0.129 e. The van der Waals surface area contributed by atoms with E-state index in [4.69, 9.17) is 11.6 Å². The maximum absolute atomic E-state index is 5.71. The fourth-order valence-corrected chi connectivity index (χ4v) is 1.90. The van der Waals surface area contributed by atoms with Crippen molar-refractivity contribution in [1.82, 2.24) is 4.98 Å². The third-order valence-electron chi connectivity index (χ3n) is 1.31. The summed E-state index contributed by atoms with van der Waals surface area (Å²) in [5, 5.41) is 2.11. The highest BCUT2D eigenvalue weighted by atomic mass is 79.9. The molecular weight excluding hydrogens is 293 g/mol. The molecule has 0 saturated heterocycles. The van der Waals surface area contributed by atoms with Crippen molar-refractivity contribution in [2.45, 2.75) is 10.7 Å². The molecule has 0 aliphatic heterocycles. The summed E-state index contributed by atoms with van der Waals surface area (Å²) in [6.45, 7) is 0. The van der Waals surface area contributed by atoms with Crippen LogP contribution in [0.3, 0.4) is 0 Å². The largest absolute Gasteiger partial charge is 0.240 e. The molecule has 0 bridgehead atoms. The van der Waals surface area contributed by atoms with Crippen molar-refractivity contribution in [3.8, 4) is 0 Å². The summed E-state index contributed by atoms with van der Waals surface area (Å²) in [4.78, 5) is 4.15. The van der Waals surface area contributed by atoms with Crippen molar-refractivity contribution in [3.63, 3.8) is 0 Å². The molecule has 0 fully saturated rings. The monoisotopic (exact) mass is 297 g/mol. The van der Waals surface area contributed by atoms with Crippen molar-refractivity contribution < 1.29 is 0 Å². The summed E-state index contributed by atoms with van der Waals surface area (Å²) >= 11 is 12.4. The van der Waals surface area contributed by atoms with Gasteiger partial charge in [-0.05, 0) is 11.6 Å². The van der Waals surface area contributed by atoms with Gasteiger partial charge in [-0.15, -0.1) is 0 Å². The average molecular weight is 299 g/mol. The Balaban J connectivity index is 3.06. The second-order valence-corrected chi connectivity index (χ2v) is 3.52. The zero-order valence-electron chi connectivity index (χ0n) is 5.65. The Labute approximate surface area is 87.4 Å². The lowest BCUT2D eigenvalue weighted by Gasteiger charge is -2.01. The third kappa shape index (κ3) is 2.42. The summed E-state index contributed by atoms with van der Waals surface area (Å²) in [6.07, 6.45) is 0. The molecule has 1 aromatic rings. The first-order valence-corrected chi connectivity index (χ1v) is 5.66. The minimum absolute atomic E-state index is 0.546. The first-order valence-electron chi connectivity index (χ1n) is 3.04. The molecule has 4 heteroatoms. The highest BCUT2D eigenvalue weighted by Crippen LogP contribution is 2.16. The van der Waals surface area contributed by atoms with E-state index in [2.05, 4.69) is 36.8 Å². The lowest BCUT2D eigenvalue weighted by Crippen LogP contribution is -1.91. The van der Waals surface area contributed by atoms with Crippen LogP contribution in [0, 0.1) is 0 Å². The first kappa shape index (κ1) is 9.49. The molecule has 0 amide bonds. The van der Waals surface area contributed by atoms with Gasteiger partial charge < -0.3 is 0 Å². The Morgan fingerprint density at radius 2 is 2.00 bits per heavy atom. The van der Waals surface area contributed by atoms with Gasteiger partial charge in [0.05, 0.1) is 5.69 Å². The van der Waals surface area contributed by atoms with Gasteiger partial charge in [-0.3, -0.25) is 0 Å². The van der Waals surface area contributed by atoms with Crippen molar-refractivity contribution in [2.75, 3.05) is 0 Å². The highest BCUT2D eigenvalue weighted by molar-refractivity contribution is 9.09. The summed E-state index contributed by atoms with van der Waals surface area (Å²) in [5.41, 5.74) is 2.17. The Bertz CT molecular complexity index is 252. The Kier molecular flexibility index (Phi) is 3.82. The number of rotatable bonds is 2. The van der Waals surface area contributed by atoms with Gasteiger partial charge in [0.15, 0.2) is 0 Å². The number of hydrogen-bond donors (Lipinski definition) is 0. The molecule has 0 aliphatic rings. The number of hydrogen-bond acceptors (Lipinski definition) is 1. The van der Waals surface area contributed by atoms with Gasteiger partial charge in [-0.1, -0.05) is 49.5 Å². The molecule has 0 radical (unpaired) electrons. The Morgan fingerprint density at radius 1 is 1.27 bits per heavy atom. The maximum atomic E-state index is 5.71. The van der Waals surface area contributed by atoms with Crippen LogP contribution in [0.5, 0.6) is 0 Å². The Morgan fingerprint density at radius 3 is 2.55 bits per heavy atom. The van der Waals surface area contributed by atoms with Crippen LogP contribution in [0.25, 0.3) is 0 Å². The first-order chi connectivity index (χ1) is 5.27. The number of aromatic nitrogens is 1. The quantitative estimate of drug-likeness (QED) is 0.601. The van der Waals surface area contributed by atoms with E-state index in [9.17, 15) is 0 Å². The van der Waals surface area contributed by atoms with E-state index in [1.165, 1.54) is 5.56 Å². The molecule has 1 aromatic heterocycles. The van der Waals surface area contributed by atoms with Crippen LogP contribution in [-0.4, -0.2) is 4.98 Å². The van der Waals surface area contributed by atoms with E-state index in [0.717, 1.165) is 16.4 Å². The Hall–Kier alpha value is 0.400. The standard InChI is InChI=1S/C7H6Br2ClN/c8-3-5-1-2-7(10)11-6(5)4-9/h1-2H,3-4H2. The molecule has 1 rings (SSSR count). The van der Waals surface area contributed by atoms with Crippen LogP contribution in [0.4, 0.5) is 0 Å². The third-order valence-corrected chi connectivity index (χ3v) is 2.65. The summed E-state index contributed by atoms with van der Waals surface area (Å²) < 4.78 is 0. The normalized spacial score (nSPS) is 10.1. The van der Waals surface area contributed by atoms with E-state index in [1.54, 1.807) is 6.07 Å². The molecule has 0 aliphatic carbocycles. The summed E-state index contributed by atoms with van der Waals surface area (Å²) in [5.74, 6) is 0. The summed E-state index contributed by atoms with van der Waals surface area (Å²) in [6, 6.07) is 3.77. The molecular formula is C7H6Br2ClN.